The van der Waals surface area contributed by atoms with Crippen molar-refractivity contribution >= 4 is 11.6 Å². The van der Waals surface area contributed by atoms with Crippen LogP contribution in [0.5, 0.6) is 0 Å². The lowest BCUT2D eigenvalue weighted by molar-refractivity contribution is -0.0795. The van der Waals surface area contributed by atoms with E-state index in [0.717, 1.165) is 30.9 Å². The van der Waals surface area contributed by atoms with Crippen molar-refractivity contribution in [1.82, 2.24) is 9.97 Å². The van der Waals surface area contributed by atoms with E-state index in [1.807, 2.05) is 0 Å². The lowest BCUT2D eigenvalue weighted by Gasteiger charge is -2.51. The quantitative estimate of drug-likeness (QED) is 0.853. The van der Waals surface area contributed by atoms with Crippen molar-refractivity contribution in [2.75, 3.05) is 18.2 Å². The zero-order chi connectivity index (χ0) is 14.0. The standard InChI is InChI=1S/C14H24N4O/c1-5-6-12-17-11(15)8-13(18-12)16-9-7-10(19-4)14(9,2)3/h8-10H,5-7H2,1-4H3,(H3,15,16,17,18). The van der Waals surface area contributed by atoms with Gasteiger partial charge in [0, 0.05) is 31.1 Å². The zero-order valence-corrected chi connectivity index (χ0v) is 12.2. The minimum absolute atomic E-state index is 0.110. The third-order valence-corrected chi connectivity index (χ3v) is 4.05. The first-order valence-corrected chi connectivity index (χ1v) is 6.90. The minimum atomic E-state index is 0.110. The fraction of sp³-hybridized carbons (Fsp3) is 0.714. The molecule has 0 spiro atoms. The Morgan fingerprint density at radius 1 is 1.47 bits per heavy atom. The number of hydrogen-bond donors (Lipinski definition) is 2. The second kappa shape index (κ2) is 5.33. The molecule has 1 fully saturated rings. The summed E-state index contributed by atoms with van der Waals surface area (Å²) < 4.78 is 5.46. The third-order valence-electron chi connectivity index (χ3n) is 4.05. The largest absolute Gasteiger partial charge is 0.384 e. The van der Waals surface area contributed by atoms with Crippen LogP contribution in [0.3, 0.4) is 0 Å². The summed E-state index contributed by atoms with van der Waals surface area (Å²) in [6.07, 6.45) is 3.17. The fourth-order valence-corrected chi connectivity index (χ4v) is 2.64. The summed E-state index contributed by atoms with van der Waals surface area (Å²) in [7, 11) is 1.77. The van der Waals surface area contributed by atoms with E-state index in [2.05, 4.69) is 36.1 Å². The Morgan fingerprint density at radius 2 is 2.21 bits per heavy atom. The number of methoxy groups -OCH3 is 1. The number of nitrogens with one attached hydrogen (secondary N) is 1. The summed E-state index contributed by atoms with van der Waals surface area (Å²) in [6.45, 7) is 6.53. The number of hydrogen-bond acceptors (Lipinski definition) is 5. The summed E-state index contributed by atoms with van der Waals surface area (Å²) >= 11 is 0. The van der Waals surface area contributed by atoms with E-state index >= 15 is 0 Å². The fourth-order valence-electron chi connectivity index (χ4n) is 2.64. The van der Waals surface area contributed by atoms with E-state index in [1.165, 1.54) is 0 Å². The highest BCUT2D eigenvalue weighted by Gasteiger charge is 2.48. The number of aryl methyl sites for hydroxylation is 1. The Morgan fingerprint density at radius 3 is 2.79 bits per heavy atom. The van der Waals surface area contributed by atoms with Crippen LogP contribution in [-0.2, 0) is 11.2 Å². The number of nitrogens with two attached hydrogens (primary N) is 1. The van der Waals surface area contributed by atoms with E-state index in [0.29, 0.717) is 18.0 Å². The molecular formula is C14H24N4O. The molecule has 0 aromatic carbocycles. The number of nitrogen functional groups attached to an aromatic ring is 1. The Balaban J connectivity index is 2.08. The van der Waals surface area contributed by atoms with Gasteiger partial charge >= 0.3 is 0 Å². The van der Waals surface area contributed by atoms with Gasteiger partial charge in [0.1, 0.15) is 17.5 Å². The molecule has 1 aromatic rings. The first kappa shape index (κ1) is 14.1. The van der Waals surface area contributed by atoms with Gasteiger partial charge in [0.2, 0.25) is 0 Å². The molecular weight excluding hydrogens is 240 g/mol. The maximum atomic E-state index is 5.83. The van der Waals surface area contributed by atoms with E-state index in [-0.39, 0.29) is 5.41 Å². The van der Waals surface area contributed by atoms with Gasteiger partial charge < -0.3 is 15.8 Å². The Labute approximate surface area is 115 Å². The molecule has 5 nitrogen and oxygen atoms in total. The van der Waals surface area contributed by atoms with Crippen molar-refractivity contribution < 1.29 is 4.74 Å². The van der Waals surface area contributed by atoms with E-state index in [4.69, 9.17) is 10.5 Å². The molecule has 0 aliphatic heterocycles. The molecule has 0 amide bonds. The smallest absolute Gasteiger partial charge is 0.133 e. The lowest BCUT2D eigenvalue weighted by atomic mass is 9.64. The van der Waals surface area contributed by atoms with Gasteiger partial charge in [0.25, 0.3) is 0 Å². The summed E-state index contributed by atoms with van der Waals surface area (Å²) in [6, 6.07) is 2.16. The van der Waals surface area contributed by atoms with Gasteiger partial charge in [-0.2, -0.15) is 0 Å². The Hall–Kier alpha value is -1.36. The van der Waals surface area contributed by atoms with Gasteiger partial charge in [-0.3, -0.25) is 0 Å². The average molecular weight is 264 g/mol. The molecule has 5 heteroatoms. The maximum Gasteiger partial charge on any atom is 0.133 e. The molecule has 0 saturated heterocycles. The van der Waals surface area contributed by atoms with Crippen LogP contribution in [0.2, 0.25) is 0 Å². The number of nitrogens with zero attached hydrogens (tertiary/aromatic N) is 2. The van der Waals surface area contributed by atoms with Crippen molar-refractivity contribution in [2.45, 2.75) is 52.2 Å². The summed E-state index contributed by atoms with van der Waals surface area (Å²) in [5, 5.41) is 3.46. The van der Waals surface area contributed by atoms with Crippen LogP contribution in [0.1, 0.15) is 39.4 Å². The average Bonchev–Trinajstić information content (AvgIpc) is 2.33. The van der Waals surface area contributed by atoms with Crippen molar-refractivity contribution in [3.63, 3.8) is 0 Å². The molecule has 1 saturated carbocycles. The van der Waals surface area contributed by atoms with Crippen molar-refractivity contribution in [2.24, 2.45) is 5.41 Å². The molecule has 0 radical (unpaired) electrons. The highest BCUT2D eigenvalue weighted by Crippen LogP contribution is 2.43. The normalized spacial score (nSPS) is 24.8. The highest BCUT2D eigenvalue weighted by atomic mass is 16.5. The first-order valence-electron chi connectivity index (χ1n) is 6.90. The van der Waals surface area contributed by atoms with E-state index < -0.39 is 0 Å². The monoisotopic (exact) mass is 264 g/mol. The van der Waals surface area contributed by atoms with Crippen LogP contribution in [0.15, 0.2) is 6.07 Å². The number of ether oxygens (including phenoxy) is 1. The molecule has 2 unspecified atom stereocenters. The van der Waals surface area contributed by atoms with Crippen molar-refractivity contribution in [3.05, 3.63) is 11.9 Å². The van der Waals surface area contributed by atoms with Gasteiger partial charge in [-0.25, -0.2) is 9.97 Å². The van der Waals surface area contributed by atoms with Gasteiger partial charge in [-0.1, -0.05) is 20.8 Å². The first-order chi connectivity index (χ1) is 8.97. The second-order valence-electron chi connectivity index (χ2n) is 5.82. The predicted octanol–water partition coefficient (Wildman–Crippen LogP) is 2.24. The highest BCUT2D eigenvalue weighted by molar-refractivity contribution is 5.46. The van der Waals surface area contributed by atoms with E-state index in [9.17, 15) is 0 Å². The molecule has 19 heavy (non-hydrogen) atoms. The zero-order valence-electron chi connectivity index (χ0n) is 12.2. The summed E-state index contributed by atoms with van der Waals surface area (Å²) in [4.78, 5) is 8.76. The van der Waals surface area contributed by atoms with Crippen molar-refractivity contribution in [3.8, 4) is 0 Å². The molecule has 0 bridgehead atoms. The van der Waals surface area contributed by atoms with Crippen molar-refractivity contribution in [1.29, 1.82) is 0 Å². The van der Waals surface area contributed by atoms with Crippen LogP contribution in [0, 0.1) is 5.41 Å². The number of anilines is 2. The maximum absolute atomic E-state index is 5.83. The molecule has 1 aliphatic rings. The minimum Gasteiger partial charge on any atom is -0.384 e. The predicted molar refractivity (Wildman–Crippen MR) is 77.0 cm³/mol. The van der Waals surface area contributed by atoms with Crippen LogP contribution >= 0.6 is 0 Å². The molecule has 2 atom stereocenters. The SMILES string of the molecule is CCCc1nc(N)cc(NC2CC(OC)C2(C)C)n1. The number of rotatable bonds is 5. The molecule has 1 aromatic heterocycles. The molecule has 106 valence electrons. The Kier molecular flexibility index (Phi) is 3.94. The molecule has 1 heterocycles. The van der Waals surface area contributed by atoms with Gasteiger partial charge in [0.05, 0.1) is 6.10 Å². The second-order valence-corrected chi connectivity index (χ2v) is 5.82. The third kappa shape index (κ3) is 2.81. The van der Waals surface area contributed by atoms with Crippen LogP contribution in [-0.4, -0.2) is 29.2 Å². The topological polar surface area (TPSA) is 73.1 Å². The lowest BCUT2D eigenvalue weighted by Crippen LogP contribution is -2.57. The molecule has 1 aliphatic carbocycles. The molecule has 3 N–H and O–H groups in total. The van der Waals surface area contributed by atoms with Crippen LogP contribution < -0.4 is 11.1 Å². The summed E-state index contributed by atoms with van der Waals surface area (Å²) in [5.41, 5.74) is 5.94. The van der Waals surface area contributed by atoms with Crippen LogP contribution in [0.4, 0.5) is 11.6 Å². The van der Waals surface area contributed by atoms with Gasteiger partial charge in [0.15, 0.2) is 0 Å². The number of aromatic nitrogens is 2. The van der Waals surface area contributed by atoms with Gasteiger partial charge in [-0.15, -0.1) is 0 Å². The van der Waals surface area contributed by atoms with Crippen LogP contribution in [0.25, 0.3) is 0 Å². The van der Waals surface area contributed by atoms with E-state index in [1.54, 1.807) is 13.2 Å². The summed E-state index contributed by atoms with van der Waals surface area (Å²) in [5.74, 6) is 2.16. The Bertz CT molecular complexity index is 447. The molecule has 2 rings (SSSR count). The van der Waals surface area contributed by atoms with Gasteiger partial charge in [-0.05, 0) is 12.8 Å².